The van der Waals surface area contributed by atoms with Gasteiger partial charge in [0.2, 0.25) is 5.91 Å². The second-order valence-electron chi connectivity index (χ2n) is 5.47. The third-order valence-corrected chi connectivity index (χ3v) is 4.02. The van der Waals surface area contributed by atoms with Gasteiger partial charge in [-0.05, 0) is 30.7 Å². The average Bonchev–Trinajstić information content (AvgIpc) is 2.58. The second-order valence-corrected chi connectivity index (χ2v) is 5.91. The first-order chi connectivity index (χ1) is 11.1. The highest BCUT2D eigenvalue weighted by Crippen LogP contribution is 2.19. The number of aliphatic imine (C=N–C) groups is 1. The summed E-state index contributed by atoms with van der Waals surface area (Å²) in [7, 11) is 0. The molecule has 1 aromatic carbocycles. The number of amides is 1. The Hall–Kier alpha value is -1.95. The quantitative estimate of drug-likeness (QED) is 0.627. The fourth-order valence-electron chi connectivity index (χ4n) is 2.43. The summed E-state index contributed by atoms with van der Waals surface area (Å²) in [5.74, 6) is 0.349. The van der Waals surface area contributed by atoms with E-state index in [4.69, 9.17) is 17.3 Å². The normalized spacial score (nSPS) is 15.7. The third kappa shape index (κ3) is 5.32. The van der Waals surface area contributed by atoms with Crippen molar-refractivity contribution in [3.05, 3.63) is 29.3 Å². The summed E-state index contributed by atoms with van der Waals surface area (Å²) < 4.78 is 0. The summed E-state index contributed by atoms with van der Waals surface area (Å²) in [4.78, 5) is 20.3. The number of benzene rings is 1. The van der Waals surface area contributed by atoms with Gasteiger partial charge in [-0.2, -0.15) is 0 Å². The predicted molar refractivity (Wildman–Crippen MR) is 95.0 cm³/mol. The fourth-order valence-corrected chi connectivity index (χ4v) is 2.55. The van der Waals surface area contributed by atoms with Gasteiger partial charge in [-0.15, -0.1) is 0 Å². The Labute approximate surface area is 142 Å². The van der Waals surface area contributed by atoms with Crippen LogP contribution >= 0.6 is 11.6 Å². The van der Waals surface area contributed by atoms with Crippen LogP contribution in [0, 0.1) is 0 Å². The van der Waals surface area contributed by atoms with Gasteiger partial charge in [0.1, 0.15) is 6.54 Å². The van der Waals surface area contributed by atoms with Crippen molar-refractivity contribution in [3.63, 3.8) is 0 Å². The number of nitrogens with one attached hydrogen (secondary N) is 1. The average molecular weight is 338 g/mol. The molecule has 126 valence electrons. The van der Waals surface area contributed by atoms with Crippen LogP contribution in [-0.2, 0) is 4.79 Å². The Bertz CT molecular complexity index is 538. The molecule has 0 atom stereocenters. The number of halogens is 1. The van der Waals surface area contributed by atoms with Crippen LogP contribution in [-0.4, -0.2) is 56.0 Å². The number of rotatable bonds is 5. The molecule has 7 heteroatoms. The lowest BCUT2D eigenvalue weighted by Crippen LogP contribution is -2.49. The monoisotopic (exact) mass is 337 g/mol. The number of carbonyl (C=O) groups excluding carboxylic acids is 1. The lowest BCUT2D eigenvalue weighted by atomic mass is 10.2. The summed E-state index contributed by atoms with van der Waals surface area (Å²) >= 11 is 5.91. The van der Waals surface area contributed by atoms with E-state index in [2.05, 4.69) is 15.2 Å². The molecule has 1 aliphatic rings. The highest BCUT2D eigenvalue weighted by Gasteiger charge is 2.20. The number of hydrogen-bond acceptors (Lipinski definition) is 3. The van der Waals surface area contributed by atoms with Crippen LogP contribution in [0.4, 0.5) is 5.69 Å². The SMILES string of the molecule is CCCNC(N)=NCC(=O)N1CCN(c2ccc(Cl)cc2)CC1. The van der Waals surface area contributed by atoms with Gasteiger partial charge in [-0.1, -0.05) is 18.5 Å². The molecule has 2 rings (SSSR count). The van der Waals surface area contributed by atoms with Crippen LogP contribution in [0.5, 0.6) is 0 Å². The number of hydrogen-bond donors (Lipinski definition) is 2. The Kier molecular flexibility index (Phi) is 6.52. The third-order valence-electron chi connectivity index (χ3n) is 3.76. The maximum atomic E-state index is 12.2. The van der Waals surface area contributed by atoms with E-state index < -0.39 is 0 Å². The van der Waals surface area contributed by atoms with Gasteiger partial charge in [0.15, 0.2) is 5.96 Å². The summed E-state index contributed by atoms with van der Waals surface area (Å²) in [6.07, 6.45) is 0.969. The van der Waals surface area contributed by atoms with Crippen molar-refractivity contribution in [3.8, 4) is 0 Å². The van der Waals surface area contributed by atoms with Crippen molar-refractivity contribution < 1.29 is 4.79 Å². The first kappa shape index (κ1) is 17.4. The largest absolute Gasteiger partial charge is 0.370 e. The number of piperazine rings is 1. The minimum atomic E-state index is 0.0157. The molecule has 1 aliphatic heterocycles. The summed E-state index contributed by atoms with van der Waals surface area (Å²) in [5.41, 5.74) is 6.83. The summed E-state index contributed by atoms with van der Waals surface area (Å²) in [6, 6.07) is 7.78. The highest BCUT2D eigenvalue weighted by atomic mass is 35.5. The second kappa shape index (κ2) is 8.62. The first-order valence-corrected chi connectivity index (χ1v) is 8.30. The van der Waals surface area contributed by atoms with E-state index in [9.17, 15) is 4.79 Å². The lowest BCUT2D eigenvalue weighted by molar-refractivity contribution is -0.129. The van der Waals surface area contributed by atoms with Crippen LogP contribution in [0.1, 0.15) is 13.3 Å². The molecule has 0 bridgehead atoms. The zero-order valence-corrected chi connectivity index (χ0v) is 14.2. The van der Waals surface area contributed by atoms with Crippen molar-refractivity contribution in [2.45, 2.75) is 13.3 Å². The minimum absolute atomic E-state index is 0.0157. The van der Waals surface area contributed by atoms with E-state index in [1.54, 1.807) is 0 Å². The predicted octanol–water partition coefficient (Wildman–Crippen LogP) is 1.30. The van der Waals surface area contributed by atoms with Crippen molar-refractivity contribution in [1.29, 1.82) is 0 Å². The molecule has 23 heavy (non-hydrogen) atoms. The molecule has 1 heterocycles. The zero-order valence-electron chi connectivity index (χ0n) is 13.5. The van der Waals surface area contributed by atoms with E-state index >= 15 is 0 Å². The topological polar surface area (TPSA) is 74.0 Å². The van der Waals surface area contributed by atoms with Gasteiger partial charge < -0.3 is 20.9 Å². The summed E-state index contributed by atoms with van der Waals surface area (Å²) in [6.45, 7) is 5.91. The molecular formula is C16H24ClN5O. The molecule has 0 spiro atoms. The Morgan fingerprint density at radius 2 is 1.91 bits per heavy atom. The zero-order chi connectivity index (χ0) is 16.7. The Morgan fingerprint density at radius 1 is 1.26 bits per heavy atom. The van der Waals surface area contributed by atoms with E-state index in [1.807, 2.05) is 36.1 Å². The molecule has 0 saturated carbocycles. The molecular weight excluding hydrogens is 314 g/mol. The maximum Gasteiger partial charge on any atom is 0.244 e. The van der Waals surface area contributed by atoms with E-state index in [-0.39, 0.29) is 12.5 Å². The Balaban J connectivity index is 1.79. The van der Waals surface area contributed by atoms with E-state index in [1.165, 1.54) is 0 Å². The molecule has 0 aliphatic carbocycles. The molecule has 6 nitrogen and oxygen atoms in total. The number of nitrogens with two attached hydrogens (primary N) is 1. The first-order valence-electron chi connectivity index (χ1n) is 7.92. The van der Waals surface area contributed by atoms with Crippen LogP contribution < -0.4 is 16.0 Å². The van der Waals surface area contributed by atoms with Gasteiger partial charge in [0, 0.05) is 43.4 Å². The van der Waals surface area contributed by atoms with Crippen LogP contribution in [0.15, 0.2) is 29.3 Å². The number of carbonyl (C=O) groups is 1. The molecule has 3 N–H and O–H groups in total. The molecule has 1 aromatic rings. The van der Waals surface area contributed by atoms with Crippen molar-refractivity contribution in [2.75, 3.05) is 44.2 Å². The van der Waals surface area contributed by atoms with Gasteiger partial charge in [-0.25, -0.2) is 4.99 Å². The molecule has 0 radical (unpaired) electrons. The number of guanidine groups is 1. The standard InChI is InChI=1S/C16H24ClN5O/c1-2-7-19-16(18)20-12-15(23)22-10-8-21(9-11-22)14-5-3-13(17)4-6-14/h3-6H,2,7-12H2,1H3,(H3,18,19,20). The van der Waals surface area contributed by atoms with E-state index in [0.29, 0.717) is 19.0 Å². The molecule has 1 amide bonds. The van der Waals surface area contributed by atoms with Gasteiger partial charge >= 0.3 is 0 Å². The maximum absolute atomic E-state index is 12.2. The van der Waals surface area contributed by atoms with Crippen molar-refractivity contribution >= 4 is 29.2 Å². The molecule has 0 aromatic heterocycles. The smallest absolute Gasteiger partial charge is 0.244 e. The lowest BCUT2D eigenvalue weighted by Gasteiger charge is -2.36. The Morgan fingerprint density at radius 3 is 2.52 bits per heavy atom. The van der Waals surface area contributed by atoms with Crippen LogP contribution in [0.2, 0.25) is 5.02 Å². The minimum Gasteiger partial charge on any atom is -0.370 e. The highest BCUT2D eigenvalue weighted by molar-refractivity contribution is 6.30. The van der Waals surface area contributed by atoms with Crippen LogP contribution in [0.25, 0.3) is 0 Å². The van der Waals surface area contributed by atoms with Crippen molar-refractivity contribution in [2.24, 2.45) is 10.7 Å². The van der Waals surface area contributed by atoms with Gasteiger partial charge in [0.05, 0.1) is 0 Å². The van der Waals surface area contributed by atoms with Gasteiger partial charge in [0.25, 0.3) is 0 Å². The molecule has 0 unspecified atom stereocenters. The van der Waals surface area contributed by atoms with E-state index in [0.717, 1.165) is 36.8 Å². The van der Waals surface area contributed by atoms with Crippen LogP contribution in [0.3, 0.4) is 0 Å². The van der Waals surface area contributed by atoms with Crippen molar-refractivity contribution in [1.82, 2.24) is 10.2 Å². The summed E-state index contributed by atoms with van der Waals surface area (Å²) in [5, 5.41) is 3.69. The molecule has 1 fully saturated rings. The fraction of sp³-hybridized carbons (Fsp3) is 0.500. The number of anilines is 1. The molecule has 1 saturated heterocycles. The van der Waals surface area contributed by atoms with Gasteiger partial charge in [-0.3, -0.25) is 4.79 Å². The number of nitrogens with zero attached hydrogens (tertiary/aromatic N) is 3.